The molecule has 3 heteroatoms. The van der Waals surface area contributed by atoms with Crippen LogP contribution in [-0.2, 0) is 6.42 Å². The number of aryl methyl sites for hydroxylation is 1. The number of nitrogens with zero attached hydrogens (tertiary/aromatic N) is 1. The second-order valence-electron chi connectivity index (χ2n) is 3.25. The molecule has 0 aliphatic heterocycles. The second-order valence-corrected chi connectivity index (χ2v) is 3.69. The molecule has 0 spiro atoms. The van der Waals surface area contributed by atoms with E-state index in [1.165, 1.54) is 11.8 Å². The first-order chi connectivity index (χ1) is 7.70. The summed E-state index contributed by atoms with van der Waals surface area (Å²) in [6.45, 7) is 6.10. The molecular weight excluding hydrogens is 222 g/mol. The van der Waals surface area contributed by atoms with Crippen molar-refractivity contribution in [2.45, 2.75) is 27.2 Å². The number of aromatic nitrogens is 1. The largest absolute Gasteiger partial charge is 0.284 e. The monoisotopic (exact) mass is 238 g/mol. The van der Waals surface area contributed by atoms with Crippen LogP contribution in [0.1, 0.15) is 26.3 Å². The van der Waals surface area contributed by atoms with Crippen LogP contribution in [0.25, 0.3) is 10.9 Å². The molecule has 0 unspecified atom stereocenters. The predicted octanol–water partition coefficient (Wildman–Crippen LogP) is 3.61. The molecule has 2 aromatic rings. The first kappa shape index (κ1) is 12.8. The minimum absolute atomic E-state index is 0.535. The SMILES string of the molecule is CC.CCc1ccc2c(cc(Cl)c[n+]2O)c1. The zero-order valence-electron chi connectivity index (χ0n) is 9.87. The molecular formula is C13H17ClNO+. The van der Waals surface area contributed by atoms with E-state index in [0.717, 1.165) is 22.1 Å². The van der Waals surface area contributed by atoms with Crippen LogP contribution in [-0.4, -0.2) is 5.21 Å². The highest BCUT2D eigenvalue weighted by molar-refractivity contribution is 6.30. The summed E-state index contributed by atoms with van der Waals surface area (Å²) in [5, 5.41) is 11.0. The summed E-state index contributed by atoms with van der Waals surface area (Å²) >= 11 is 5.84. The van der Waals surface area contributed by atoms with Gasteiger partial charge in [0, 0.05) is 10.8 Å². The number of pyridine rings is 1. The zero-order chi connectivity index (χ0) is 12.1. The van der Waals surface area contributed by atoms with Crippen molar-refractivity contribution in [1.29, 1.82) is 0 Å². The molecule has 0 aliphatic carbocycles. The van der Waals surface area contributed by atoms with Crippen molar-refractivity contribution in [3.8, 4) is 0 Å². The topological polar surface area (TPSA) is 24.1 Å². The Morgan fingerprint density at radius 1 is 1.25 bits per heavy atom. The van der Waals surface area contributed by atoms with Gasteiger partial charge in [0.1, 0.15) is 5.02 Å². The van der Waals surface area contributed by atoms with Crippen LogP contribution < -0.4 is 4.73 Å². The molecule has 0 atom stereocenters. The van der Waals surface area contributed by atoms with Gasteiger partial charge in [-0.25, -0.2) is 0 Å². The maximum absolute atomic E-state index is 9.55. The Labute approximate surface area is 101 Å². The highest BCUT2D eigenvalue weighted by Gasteiger charge is 2.09. The Morgan fingerprint density at radius 3 is 2.56 bits per heavy atom. The molecule has 0 aliphatic rings. The molecule has 0 saturated heterocycles. The zero-order valence-corrected chi connectivity index (χ0v) is 10.6. The maximum Gasteiger partial charge on any atom is 0.264 e. The lowest BCUT2D eigenvalue weighted by Gasteiger charge is -1.98. The smallest absolute Gasteiger partial charge is 0.264 e. The first-order valence-corrected chi connectivity index (χ1v) is 5.91. The summed E-state index contributed by atoms with van der Waals surface area (Å²) in [6.07, 6.45) is 2.46. The quantitative estimate of drug-likeness (QED) is 0.596. The van der Waals surface area contributed by atoms with Crippen molar-refractivity contribution in [3.63, 3.8) is 0 Å². The van der Waals surface area contributed by atoms with Gasteiger partial charge in [-0.1, -0.05) is 38.4 Å². The van der Waals surface area contributed by atoms with E-state index in [0.29, 0.717) is 5.02 Å². The van der Waals surface area contributed by atoms with Gasteiger partial charge in [0.15, 0.2) is 0 Å². The molecule has 2 nitrogen and oxygen atoms in total. The lowest BCUT2D eigenvalue weighted by atomic mass is 10.1. The molecule has 16 heavy (non-hydrogen) atoms. The minimum Gasteiger partial charge on any atom is -0.284 e. The van der Waals surface area contributed by atoms with E-state index in [-0.39, 0.29) is 0 Å². The van der Waals surface area contributed by atoms with E-state index in [2.05, 4.69) is 6.92 Å². The van der Waals surface area contributed by atoms with Gasteiger partial charge in [0.2, 0.25) is 6.20 Å². The fourth-order valence-electron chi connectivity index (χ4n) is 1.52. The third-order valence-electron chi connectivity index (χ3n) is 2.29. The van der Waals surface area contributed by atoms with Gasteiger partial charge in [0.05, 0.1) is 5.39 Å². The molecule has 0 bridgehead atoms. The van der Waals surface area contributed by atoms with Gasteiger partial charge in [-0.05, 0) is 24.1 Å². The van der Waals surface area contributed by atoms with Crippen LogP contribution in [0, 0.1) is 0 Å². The summed E-state index contributed by atoms with van der Waals surface area (Å²) < 4.78 is 1.05. The summed E-state index contributed by atoms with van der Waals surface area (Å²) in [5.41, 5.74) is 2.01. The van der Waals surface area contributed by atoms with Gasteiger partial charge in [-0.15, -0.1) is 0 Å². The first-order valence-electron chi connectivity index (χ1n) is 5.54. The molecule has 1 aromatic carbocycles. The van der Waals surface area contributed by atoms with Crippen molar-refractivity contribution in [1.82, 2.24) is 0 Å². The van der Waals surface area contributed by atoms with E-state index in [1.807, 2.05) is 38.1 Å². The van der Waals surface area contributed by atoms with Crippen LogP contribution in [0.2, 0.25) is 5.02 Å². The average Bonchev–Trinajstić information content (AvgIpc) is 2.30. The molecule has 0 radical (unpaired) electrons. The second kappa shape index (κ2) is 5.71. The van der Waals surface area contributed by atoms with E-state index in [4.69, 9.17) is 11.6 Å². The van der Waals surface area contributed by atoms with Crippen molar-refractivity contribution in [2.75, 3.05) is 0 Å². The molecule has 1 N–H and O–H groups in total. The Morgan fingerprint density at radius 2 is 1.94 bits per heavy atom. The molecule has 1 aromatic heterocycles. The third-order valence-corrected chi connectivity index (χ3v) is 2.49. The number of hydrogen-bond acceptors (Lipinski definition) is 1. The fourth-order valence-corrected chi connectivity index (χ4v) is 1.73. The van der Waals surface area contributed by atoms with Crippen molar-refractivity contribution < 1.29 is 9.94 Å². The van der Waals surface area contributed by atoms with Gasteiger partial charge < -0.3 is 0 Å². The summed E-state index contributed by atoms with van der Waals surface area (Å²) in [4.78, 5) is 0. The van der Waals surface area contributed by atoms with Gasteiger partial charge in [-0.3, -0.25) is 5.21 Å². The molecule has 86 valence electrons. The molecule has 2 rings (SSSR count). The lowest BCUT2D eigenvalue weighted by molar-refractivity contribution is -0.884. The normalized spacial score (nSPS) is 9.75. The average molecular weight is 239 g/mol. The van der Waals surface area contributed by atoms with Crippen molar-refractivity contribution >= 4 is 22.5 Å². The molecule has 0 saturated carbocycles. The molecule has 0 fully saturated rings. The van der Waals surface area contributed by atoms with Crippen molar-refractivity contribution in [3.05, 3.63) is 41.0 Å². The van der Waals surface area contributed by atoms with Crippen LogP contribution in [0.3, 0.4) is 0 Å². The molecule has 0 amide bonds. The van der Waals surface area contributed by atoms with Crippen LogP contribution >= 0.6 is 11.6 Å². The van der Waals surface area contributed by atoms with Gasteiger partial charge >= 0.3 is 0 Å². The van der Waals surface area contributed by atoms with Crippen LogP contribution in [0.4, 0.5) is 0 Å². The Balaban J connectivity index is 0.000000606. The van der Waals surface area contributed by atoms with E-state index >= 15 is 0 Å². The summed E-state index contributed by atoms with van der Waals surface area (Å²) in [5.74, 6) is 0. The van der Waals surface area contributed by atoms with Gasteiger partial charge in [0.25, 0.3) is 5.52 Å². The number of hydrogen-bond donors (Lipinski definition) is 1. The standard InChI is InChI=1S/C11H11ClNO.C2H6/c1-2-8-3-4-11-9(5-8)6-10(12)7-13(11)14;1-2/h3-7,14H,2H2,1H3;1-2H3/q+1;. The van der Waals surface area contributed by atoms with Crippen LogP contribution in [0.5, 0.6) is 0 Å². The van der Waals surface area contributed by atoms with E-state index in [9.17, 15) is 5.21 Å². The fraction of sp³-hybridized carbons (Fsp3) is 0.308. The highest BCUT2D eigenvalue weighted by atomic mass is 35.5. The minimum atomic E-state index is 0.535. The van der Waals surface area contributed by atoms with Crippen LogP contribution in [0.15, 0.2) is 30.5 Å². The van der Waals surface area contributed by atoms with E-state index < -0.39 is 0 Å². The summed E-state index contributed by atoms with van der Waals surface area (Å²) in [6, 6.07) is 7.78. The lowest BCUT2D eigenvalue weighted by Crippen LogP contribution is -2.30. The summed E-state index contributed by atoms with van der Waals surface area (Å²) in [7, 11) is 0. The van der Waals surface area contributed by atoms with E-state index in [1.54, 1.807) is 0 Å². The number of fused-ring (bicyclic) bond motifs is 1. The Hall–Kier alpha value is -1.28. The van der Waals surface area contributed by atoms with Gasteiger partial charge in [-0.2, -0.15) is 0 Å². The number of halogens is 1. The number of rotatable bonds is 1. The van der Waals surface area contributed by atoms with Crippen molar-refractivity contribution in [2.24, 2.45) is 0 Å². The Kier molecular flexibility index (Phi) is 4.56. The maximum atomic E-state index is 9.55. The predicted molar refractivity (Wildman–Crippen MR) is 67.1 cm³/mol. The number of benzene rings is 1. The Bertz CT molecular complexity index is 483. The third kappa shape index (κ3) is 2.64. The highest BCUT2D eigenvalue weighted by Crippen LogP contribution is 2.16. The molecule has 1 heterocycles.